The van der Waals surface area contributed by atoms with Crippen molar-refractivity contribution >= 4 is 27.9 Å². The predicted molar refractivity (Wildman–Crippen MR) is 61.8 cm³/mol. The van der Waals surface area contributed by atoms with Gasteiger partial charge in [0.15, 0.2) is 10.9 Å². The summed E-state index contributed by atoms with van der Waals surface area (Å²) in [6.07, 6.45) is 1.75. The molecule has 0 amide bonds. The SMILES string of the molecule is CC(=O)c1ccc(Nc2nccs2)cc1. The predicted octanol–water partition coefficient (Wildman–Crippen LogP) is 3.09. The van der Waals surface area contributed by atoms with Crippen molar-refractivity contribution in [2.45, 2.75) is 6.92 Å². The Kier molecular flexibility index (Phi) is 2.78. The molecule has 0 radical (unpaired) electrons. The van der Waals surface area contributed by atoms with E-state index in [0.717, 1.165) is 16.4 Å². The average Bonchev–Trinajstić information content (AvgIpc) is 2.71. The van der Waals surface area contributed by atoms with Gasteiger partial charge in [-0.05, 0) is 31.2 Å². The van der Waals surface area contributed by atoms with Crippen LogP contribution in [0.3, 0.4) is 0 Å². The zero-order valence-corrected chi connectivity index (χ0v) is 9.04. The summed E-state index contributed by atoms with van der Waals surface area (Å²) < 4.78 is 0. The second-order valence-corrected chi connectivity index (χ2v) is 3.99. The van der Waals surface area contributed by atoms with Crippen LogP contribution in [0.25, 0.3) is 0 Å². The van der Waals surface area contributed by atoms with Crippen LogP contribution >= 0.6 is 11.3 Å². The lowest BCUT2D eigenvalue weighted by atomic mass is 10.1. The van der Waals surface area contributed by atoms with Crippen molar-refractivity contribution in [2.75, 3.05) is 5.32 Å². The van der Waals surface area contributed by atoms with E-state index >= 15 is 0 Å². The largest absolute Gasteiger partial charge is 0.332 e. The second kappa shape index (κ2) is 4.23. The van der Waals surface area contributed by atoms with Gasteiger partial charge in [0, 0.05) is 22.8 Å². The minimum atomic E-state index is 0.0794. The number of anilines is 2. The molecule has 0 aliphatic rings. The number of aromatic nitrogens is 1. The molecule has 0 fully saturated rings. The lowest BCUT2D eigenvalue weighted by Gasteiger charge is -2.02. The van der Waals surface area contributed by atoms with E-state index in [4.69, 9.17) is 0 Å². The highest BCUT2D eigenvalue weighted by molar-refractivity contribution is 7.13. The first-order chi connectivity index (χ1) is 7.25. The van der Waals surface area contributed by atoms with Crippen molar-refractivity contribution in [2.24, 2.45) is 0 Å². The Morgan fingerprint density at radius 3 is 2.60 bits per heavy atom. The van der Waals surface area contributed by atoms with E-state index in [-0.39, 0.29) is 5.78 Å². The Morgan fingerprint density at radius 2 is 2.07 bits per heavy atom. The van der Waals surface area contributed by atoms with Crippen LogP contribution in [0, 0.1) is 0 Å². The second-order valence-electron chi connectivity index (χ2n) is 3.10. The molecule has 3 nitrogen and oxygen atoms in total. The van der Waals surface area contributed by atoms with E-state index in [1.54, 1.807) is 25.3 Å². The van der Waals surface area contributed by atoms with Gasteiger partial charge >= 0.3 is 0 Å². The number of benzene rings is 1. The Hall–Kier alpha value is -1.68. The van der Waals surface area contributed by atoms with Gasteiger partial charge in [-0.15, -0.1) is 11.3 Å². The molecule has 0 saturated heterocycles. The Balaban J connectivity index is 2.14. The summed E-state index contributed by atoms with van der Waals surface area (Å²) in [5.74, 6) is 0.0794. The van der Waals surface area contributed by atoms with Gasteiger partial charge in [-0.2, -0.15) is 0 Å². The molecule has 1 N–H and O–H groups in total. The van der Waals surface area contributed by atoms with Gasteiger partial charge in [0.2, 0.25) is 0 Å². The summed E-state index contributed by atoms with van der Waals surface area (Å²) in [5.41, 5.74) is 1.66. The zero-order chi connectivity index (χ0) is 10.7. The Morgan fingerprint density at radius 1 is 1.33 bits per heavy atom. The summed E-state index contributed by atoms with van der Waals surface area (Å²) in [5, 5.41) is 5.91. The summed E-state index contributed by atoms with van der Waals surface area (Å²) in [7, 11) is 0. The van der Waals surface area contributed by atoms with Gasteiger partial charge in [0.1, 0.15) is 0 Å². The quantitative estimate of drug-likeness (QED) is 0.805. The van der Waals surface area contributed by atoms with Gasteiger partial charge in [-0.3, -0.25) is 4.79 Å². The Labute approximate surface area is 91.8 Å². The molecule has 15 heavy (non-hydrogen) atoms. The molecular weight excluding hydrogens is 208 g/mol. The van der Waals surface area contributed by atoms with Gasteiger partial charge in [-0.25, -0.2) is 4.98 Å². The standard InChI is InChI=1S/C11H10N2OS/c1-8(14)9-2-4-10(5-3-9)13-11-12-6-7-15-11/h2-7H,1H3,(H,12,13). The molecule has 0 aliphatic carbocycles. The zero-order valence-electron chi connectivity index (χ0n) is 8.23. The first kappa shape index (κ1) is 9.86. The van der Waals surface area contributed by atoms with Gasteiger partial charge in [0.25, 0.3) is 0 Å². The third-order valence-corrected chi connectivity index (χ3v) is 2.66. The van der Waals surface area contributed by atoms with Crippen molar-refractivity contribution in [1.29, 1.82) is 0 Å². The van der Waals surface area contributed by atoms with Crippen LogP contribution in [0.15, 0.2) is 35.8 Å². The van der Waals surface area contributed by atoms with Crippen LogP contribution in [-0.4, -0.2) is 10.8 Å². The normalized spacial score (nSPS) is 9.93. The smallest absolute Gasteiger partial charge is 0.187 e. The first-order valence-corrected chi connectivity index (χ1v) is 5.41. The topological polar surface area (TPSA) is 42.0 Å². The minimum absolute atomic E-state index is 0.0794. The molecule has 0 bridgehead atoms. The number of carbonyl (C=O) groups excluding carboxylic acids is 1. The van der Waals surface area contributed by atoms with E-state index in [1.807, 2.05) is 17.5 Å². The van der Waals surface area contributed by atoms with Gasteiger partial charge in [-0.1, -0.05) is 0 Å². The molecule has 0 unspecified atom stereocenters. The first-order valence-electron chi connectivity index (χ1n) is 4.53. The van der Waals surface area contributed by atoms with Crippen LogP contribution in [0.4, 0.5) is 10.8 Å². The number of thiazole rings is 1. The fourth-order valence-electron chi connectivity index (χ4n) is 1.20. The number of hydrogen-bond acceptors (Lipinski definition) is 4. The molecule has 0 saturated carbocycles. The summed E-state index contributed by atoms with van der Waals surface area (Å²) in [6, 6.07) is 7.35. The number of carbonyl (C=O) groups is 1. The van der Waals surface area contributed by atoms with Crippen LogP contribution < -0.4 is 5.32 Å². The maximum Gasteiger partial charge on any atom is 0.187 e. The number of nitrogens with one attached hydrogen (secondary N) is 1. The van der Waals surface area contributed by atoms with Crippen molar-refractivity contribution < 1.29 is 4.79 Å². The molecule has 1 aromatic carbocycles. The van der Waals surface area contributed by atoms with Gasteiger partial charge < -0.3 is 5.32 Å². The van der Waals surface area contributed by atoms with Crippen LogP contribution in [0.5, 0.6) is 0 Å². The number of rotatable bonds is 3. The lowest BCUT2D eigenvalue weighted by Crippen LogP contribution is -1.93. The molecule has 2 rings (SSSR count). The van der Waals surface area contributed by atoms with Crippen molar-refractivity contribution in [1.82, 2.24) is 4.98 Å². The monoisotopic (exact) mass is 218 g/mol. The molecule has 4 heteroatoms. The molecule has 1 aromatic heterocycles. The summed E-state index contributed by atoms with van der Waals surface area (Å²) in [6.45, 7) is 1.56. The van der Waals surface area contributed by atoms with Crippen LogP contribution in [-0.2, 0) is 0 Å². The van der Waals surface area contributed by atoms with E-state index < -0.39 is 0 Å². The molecule has 0 atom stereocenters. The van der Waals surface area contributed by atoms with E-state index in [0.29, 0.717) is 0 Å². The molecular formula is C11H10N2OS. The maximum absolute atomic E-state index is 11.0. The van der Waals surface area contributed by atoms with Gasteiger partial charge in [0.05, 0.1) is 0 Å². The average molecular weight is 218 g/mol. The fourth-order valence-corrected chi connectivity index (χ4v) is 1.75. The molecule has 2 aromatic rings. The summed E-state index contributed by atoms with van der Waals surface area (Å²) >= 11 is 1.54. The highest BCUT2D eigenvalue weighted by atomic mass is 32.1. The third kappa shape index (κ3) is 2.41. The van der Waals surface area contributed by atoms with Crippen molar-refractivity contribution in [3.63, 3.8) is 0 Å². The highest BCUT2D eigenvalue weighted by Crippen LogP contribution is 2.18. The fraction of sp³-hybridized carbons (Fsp3) is 0.0909. The van der Waals surface area contributed by atoms with E-state index in [1.165, 1.54) is 11.3 Å². The van der Waals surface area contributed by atoms with Crippen LogP contribution in [0.2, 0.25) is 0 Å². The molecule has 76 valence electrons. The number of ketones is 1. The molecule has 0 spiro atoms. The Bertz CT molecular complexity index is 448. The molecule has 1 heterocycles. The lowest BCUT2D eigenvalue weighted by molar-refractivity contribution is 0.101. The van der Waals surface area contributed by atoms with Crippen molar-refractivity contribution in [3.05, 3.63) is 41.4 Å². The maximum atomic E-state index is 11.0. The minimum Gasteiger partial charge on any atom is -0.332 e. The van der Waals surface area contributed by atoms with E-state index in [9.17, 15) is 4.79 Å². The number of Topliss-reactive ketones (excluding diaryl/α,β-unsaturated/α-hetero) is 1. The highest BCUT2D eigenvalue weighted by Gasteiger charge is 1.99. The number of hydrogen-bond donors (Lipinski definition) is 1. The van der Waals surface area contributed by atoms with Crippen LogP contribution in [0.1, 0.15) is 17.3 Å². The summed E-state index contributed by atoms with van der Waals surface area (Å²) in [4.78, 5) is 15.2. The van der Waals surface area contributed by atoms with Crippen molar-refractivity contribution in [3.8, 4) is 0 Å². The number of nitrogens with zero attached hydrogens (tertiary/aromatic N) is 1. The molecule has 0 aliphatic heterocycles. The third-order valence-electron chi connectivity index (χ3n) is 1.98. The van der Waals surface area contributed by atoms with E-state index in [2.05, 4.69) is 10.3 Å².